The molecule has 0 fully saturated rings. The molecule has 0 radical (unpaired) electrons. The Labute approximate surface area is 143 Å². The fraction of sp³-hybridized carbons (Fsp3) is 0.188. The number of carbonyl (C=O) groups excluding carboxylic acids is 1. The first-order valence-corrected chi connectivity index (χ1v) is 8.40. The maximum absolute atomic E-state index is 12.7. The van der Waals surface area contributed by atoms with E-state index in [0.29, 0.717) is 5.69 Å². The van der Waals surface area contributed by atoms with Crippen molar-refractivity contribution in [1.82, 2.24) is 9.97 Å². The van der Waals surface area contributed by atoms with Crippen molar-refractivity contribution < 1.29 is 4.79 Å². The summed E-state index contributed by atoms with van der Waals surface area (Å²) in [5.41, 5.74) is 2.54. The van der Waals surface area contributed by atoms with Crippen LogP contribution in [0.4, 0.5) is 16.2 Å². The van der Waals surface area contributed by atoms with Crippen LogP contribution in [0.3, 0.4) is 0 Å². The van der Waals surface area contributed by atoms with Crippen molar-refractivity contribution in [3.8, 4) is 0 Å². The molecule has 2 aromatic heterocycles. The number of amides is 2. The third kappa shape index (κ3) is 3.40. The van der Waals surface area contributed by atoms with E-state index in [1.807, 2.05) is 32.0 Å². The van der Waals surface area contributed by atoms with Crippen molar-refractivity contribution in [2.45, 2.75) is 19.9 Å². The van der Waals surface area contributed by atoms with Crippen LogP contribution in [0.15, 0.2) is 42.7 Å². The van der Waals surface area contributed by atoms with Crippen molar-refractivity contribution in [1.29, 1.82) is 0 Å². The molecular formula is C16H16N4OS2. The summed E-state index contributed by atoms with van der Waals surface area (Å²) < 4.78 is 1.77. The summed E-state index contributed by atoms with van der Waals surface area (Å²) in [6, 6.07) is 9.22. The molecule has 2 heterocycles. The van der Waals surface area contributed by atoms with Gasteiger partial charge in [-0.1, -0.05) is 0 Å². The van der Waals surface area contributed by atoms with Gasteiger partial charge in [0.2, 0.25) is 0 Å². The number of benzene rings is 1. The molecule has 23 heavy (non-hydrogen) atoms. The average molecular weight is 344 g/mol. The molecule has 0 spiro atoms. The van der Waals surface area contributed by atoms with Crippen LogP contribution in [0.5, 0.6) is 0 Å². The number of nitrogens with one attached hydrogen (secondary N) is 2. The summed E-state index contributed by atoms with van der Waals surface area (Å²) in [6.07, 6.45) is 3.29. The Morgan fingerprint density at radius 1 is 1.30 bits per heavy atom. The van der Waals surface area contributed by atoms with Crippen LogP contribution in [0, 0.1) is 3.95 Å². The molecule has 0 atom stereocenters. The molecule has 0 unspecified atom stereocenters. The number of hydrogen-bond donors (Lipinski definition) is 2. The first kappa shape index (κ1) is 15.6. The van der Waals surface area contributed by atoms with Gasteiger partial charge in [0.15, 0.2) is 3.95 Å². The summed E-state index contributed by atoms with van der Waals surface area (Å²) >= 11 is 6.68. The highest BCUT2D eigenvalue weighted by molar-refractivity contribution is 7.73. The summed E-state index contributed by atoms with van der Waals surface area (Å²) in [5, 5.41) is 2.90. The fourth-order valence-corrected chi connectivity index (χ4v) is 3.50. The highest BCUT2D eigenvalue weighted by atomic mass is 32.1. The van der Waals surface area contributed by atoms with E-state index in [9.17, 15) is 4.79 Å². The number of aromatic amines is 1. The number of fused-ring (bicyclic) bond motifs is 1. The molecule has 7 heteroatoms. The Balaban J connectivity index is 1.93. The lowest BCUT2D eigenvalue weighted by molar-refractivity contribution is 0.255. The number of urea groups is 1. The molecule has 0 aliphatic heterocycles. The van der Waals surface area contributed by atoms with Gasteiger partial charge in [0, 0.05) is 29.8 Å². The maximum Gasteiger partial charge on any atom is 0.326 e. The minimum absolute atomic E-state index is 0.0150. The molecule has 2 amide bonds. The number of anilines is 2. The van der Waals surface area contributed by atoms with E-state index in [1.54, 1.807) is 29.4 Å². The van der Waals surface area contributed by atoms with E-state index in [0.717, 1.165) is 19.9 Å². The van der Waals surface area contributed by atoms with E-state index in [2.05, 4.69) is 15.3 Å². The maximum atomic E-state index is 12.7. The van der Waals surface area contributed by atoms with Gasteiger partial charge >= 0.3 is 6.03 Å². The number of thiazole rings is 1. The summed E-state index contributed by atoms with van der Waals surface area (Å²) in [6.45, 7) is 3.96. The number of rotatable bonds is 3. The minimum atomic E-state index is -0.176. The quantitative estimate of drug-likeness (QED) is 0.671. The predicted octanol–water partition coefficient (Wildman–Crippen LogP) is 4.80. The Morgan fingerprint density at radius 2 is 2.04 bits per heavy atom. The lowest BCUT2D eigenvalue weighted by Gasteiger charge is -2.27. The number of carbonyl (C=O) groups is 1. The molecule has 1 aromatic carbocycles. The van der Waals surface area contributed by atoms with Gasteiger partial charge in [-0.3, -0.25) is 9.88 Å². The van der Waals surface area contributed by atoms with Gasteiger partial charge in [-0.05, 0) is 56.4 Å². The van der Waals surface area contributed by atoms with Crippen molar-refractivity contribution in [3.63, 3.8) is 0 Å². The first-order valence-electron chi connectivity index (χ1n) is 7.18. The SMILES string of the molecule is CC(C)N(C(=O)Nc1ccncc1)c1ccc2[nH]c(=S)sc2c1. The van der Waals surface area contributed by atoms with Crippen molar-refractivity contribution in [2.24, 2.45) is 0 Å². The molecular weight excluding hydrogens is 328 g/mol. The van der Waals surface area contributed by atoms with Crippen molar-refractivity contribution in [2.75, 3.05) is 10.2 Å². The van der Waals surface area contributed by atoms with Crippen LogP contribution in [0.1, 0.15) is 13.8 Å². The second-order valence-corrected chi connectivity index (χ2v) is 7.04. The van der Waals surface area contributed by atoms with Gasteiger partial charge in [0.05, 0.1) is 10.2 Å². The van der Waals surface area contributed by atoms with Gasteiger partial charge in [0.1, 0.15) is 0 Å². The van der Waals surface area contributed by atoms with Gasteiger partial charge < -0.3 is 10.3 Å². The van der Waals surface area contributed by atoms with Crippen molar-refractivity contribution in [3.05, 3.63) is 46.7 Å². The average Bonchev–Trinajstić information content (AvgIpc) is 2.87. The Bertz CT molecular complexity index is 886. The zero-order chi connectivity index (χ0) is 16.4. The van der Waals surface area contributed by atoms with E-state index in [1.165, 1.54) is 11.3 Å². The predicted molar refractivity (Wildman–Crippen MR) is 97.9 cm³/mol. The molecule has 118 valence electrons. The Hall–Kier alpha value is -2.25. The van der Waals surface area contributed by atoms with Gasteiger partial charge in [-0.15, -0.1) is 11.3 Å². The van der Waals surface area contributed by atoms with Crippen LogP contribution < -0.4 is 10.2 Å². The lowest BCUT2D eigenvalue weighted by Crippen LogP contribution is -2.40. The number of aromatic nitrogens is 2. The highest BCUT2D eigenvalue weighted by Gasteiger charge is 2.19. The zero-order valence-electron chi connectivity index (χ0n) is 12.7. The third-order valence-corrected chi connectivity index (χ3v) is 4.55. The van der Waals surface area contributed by atoms with Crippen LogP contribution in [0.25, 0.3) is 10.2 Å². The molecule has 0 bridgehead atoms. The molecule has 0 saturated heterocycles. The highest BCUT2D eigenvalue weighted by Crippen LogP contribution is 2.27. The number of nitrogens with zero attached hydrogens (tertiary/aromatic N) is 2. The second-order valence-electron chi connectivity index (χ2n) is 5.32. The normalized spacial score (nSPS) is 10.9. The van der Waals surface area contributed by atoms with Gasteiger partial charge in [-0.25, -0.2) is 4.79 Å². The largest absolute Gasteiger partial charge is 0.337 e. The smallest absolute Gasteiger partial charge is 0.326 e. The molecule has 0 saturated carbocycles. The Kier molecular flexibility index (Phi) is 4.40. The molecule has 0 aliphatic carbocycles. The monoisotopic (exact) mass is 344 g/mol. The van der Waals surface area contributed by atoms with Crippen LogP contribution >= 0.6 is 23.6 Å². The zero-order valence-corrected chi connectivity index (χ0v) is 14.4. The molecule has 3 rings (SSSR count). The standard InChI is InChI=1S/C16H16N4OS2/c1-10(2)20(15(21)18-11-5-7-17-8-6-11)12-3-4-13-14(9-12)23-16(22)19-13/h3-10H,1-2H3,(H,19,22)(H,17,18,21). The van der Waals surface area contributed by atoms with E-state index < -0.39 is 0 Å². The van der Waals surface area contributed by atoms with Crippen LogP contribution in [-0.4, -0.2) is 22.0 Å². The summed E-state index contributed by atoms with van der Waals surface area (Å²) in [5.74, 6) is 0. The van der Waals surface area contributed by atoms with Gasteiger partial charge in [0.25, 0.3) is 0 Å². The Morgan fingerprint density at radius 3 is 2.74 bits per heavy atom. The third-order valence-electron chi connectivity index (χ3n) is 3.35. The fourth-order valence-electron chi connectivity index (χ4n) is 2.35. The minimum Gasteiger partial charge on any atom is -0.337 e. The molecule has 2 N–H and O–H groups in total. The van der Waals surface area contributed by atoms with E-state index >= 15 is 0 Å². The topological polar surface area (TPSA) is 61.0 Å². The lowest BCUT2D eigenvalue weighted by atomic mass is 10.2. The first-order chi connectivity index (χ1) is 11.0. The number of hydrogen-bond acceptors (Lipinski definition) is 4. The van der Waals surface area contributed by atoms with Gasteiger partial charge in [-0.2, -0.15) is 0 Å². The van der Waals surface area contributed by atoms with Crippen LogP contribution in [0.2, 0.25) is 0 Å². The van der Waals surface area contributed by atoms with Crippen molar-refractivity contribution >= 4 is 51.2 Å². The molecule has 3 aromatic rings. The molecule has 0 aliphatic rings. The number of pyridine rings is 1. The summed E-state index contributed by atoms with van der Waals surface area (Å²) in [4.78, 5) is 21.5. The van der Waals surface area contributed by atoms with E-state index in [4.69, 9.17) is 12.2 Å². The second kappa shape index (κ2) is 6.47. The van der Waals surface area contributed by atoms with E-state index in [-0.39, 0.29) is 12.1 Å². The van der Waals surface area contributed by atoms with Crippen LogP contribution in [-0.2, 0) is 0 Å². The summed E-state index contributed by atoms with van der Waals surface area (Å²) in [7, 11) is 0. The number of H-pyrrole nitrogens is 1. The molecule has 5 nitrogen and oxygen atoms in total.